The topological polar surface area (TPSA) is 80.5 Å². The van der Waals surface area contributed by atoms with Gasteiger partial charge in [0.25, 0.3) is 5.89 Å². The molecule has 1 unspecified atom stereocenters. The standard InChI is InChI=1S/C30H30N4O3/c1-5-21-12-14-23(15-13-21)28-32-29(37-33-28)26-20(3)34(18-22-9-6-8-19(2)16-22)30(35)31-27(26)24-10-7-11-25(17-24)36-4/h6-17,27H,5,18H2,1-4H3,(H,31,35). The first-order valence-corrected chi connectivity index (χ1v) is 12.4. The van der Waals surface area contributed by atoms with E-state index in [0.29, 0.717) is 24.0 Å². The number of methoxy groups -OCH3 is 1. The van der Waals surface area contributed by atoms with Gasteiger partial charge >= 0.3 is 6.03 Å². The molecule has 37 heavy (non-hydrogen) atoms. The van der Waals surface area contributed by atoms with Crippen LogP contribution in [0.1, 0.15) is 48.0 Å². The van der Waals surface area contributed by atoms with Gasteiger partial charge in [0.2, 0.25) is 5.82 Å². The Kier molecular flexibility index (Phi) is 6.77. The van der Waals surface area contributed by atoms with Crippen LogP contribution in [0.5, 0.6) is 5.75 Å². The molecule has 7 heteroatoms. The van der Waals surface area contributed by atoms with E-state index in [4.69, 9.17) is 14.2 Å². The number of hydrogen-bond acceptors (Lipinski definition) is 5. The van der Waals surface area contributed by atoms with E-state index in [-0.39, 0.29) is 6.03 Å². The summed E-state index contributed by atoms with van der Waals surface area (Å²) in [4.78, 5) is 19.9. The summed E-state index contributed by atoms with van der Waals surface area (Å²) in [5.74, 6) is 1.58. The van der Waals surface area contributed by atoms with Crippen molar-refractivity contribution in [3.05, 3.63) is 107 Å². The monoisotopic (exact) mass is 494 g/mol. The molecule has 188 valence electrons. The van der Waals surface area contributed by atoms with Crippen molar-refractivity contribution in [3.8, 4) is 17.1 Å². The zero-order chi connectivity index (χ0) is 25.9. The van der Waals surface area contributed by atoms with Crippen LogP contribution in [0.15, 0.2) is 83.0 Å². The van der Waals surface area contributed by atoms with Crippen molar-refractivity contribution in [1.29, 1.82) is 0 Å². The minimum absolute atomic E-state index is 0.189. The Balaban J connectivity index is 1.59. The van der Waals surface area contributed by atoms with Gasteiger partial charge in [-0.25, -0.2) is 4.79 Å². The Morgan fingerprint density at radius 1 is 1.00 bits per heavy atom. The molecule has 0 radical (unpaired) electrons. The Bertz CT molecular complexity index is 1460. The average molecular weight is 495 g/mol. The number of amides is 2. The summed E-state index contributed by atoms with van der Waals surface area (Å²) in [5.41, 5.74) is 6.67. The maximum absolute atomic E-state index is 13.4. The van der Waals surface area contributed by atoms with Crippen LogP contribution in [0.2, 0.25) is 0 Å². The normalized spacial score (nSPS) is 15.6. The van der Waals surface area contributed by atoms with Crippen molar-refractivity contribution in [2.24, 2.45) is 0 Å². The molecule has 4 aromatic rings. The third-order valence-electron chi connectivity index (χ3n) is 6.72. The first kappa shape index (κ1) is 24.3. The molecule has 7 nitrogen and oxygen atoms in total. The second-order valence-electron chi connectivity index (χ2n) is 9.21. The Morgan fingerprint density at radius 3 is 2.51 bits per heavy atom. The molecule has 1 aliphatic heterocycles. The van der Waals surface area contributed by atoms with Gasteiger partial charge in [-0.05, 0) is 49.1 Å². The van der Waals surface area contributed by atoms with Crippen molar-refractivity contribution in [2.45, 2.75) is 39.8 Å². The molecule has 0 spiro atoms. The minimum atomic E-state index is -0.480. The van der Waals surface area contributed by atoms with Gasteiger partial charge < -0.3 is 14.6 Å². The highest BCUT2D eigenvalue weighted by molar-refractivity contribution is 5.87. The van der Waals surface area contributed by atoms with E-state index in [2.05, 4.69) is 35.6 Å². The summed E-state index contributed by atoms with van der Waals surface area (Å²) in [5, 5.41) is 7.43. The van der Waals surface area contributed by atoms with Crippen LogP contribution < -0.4 is 10.1 Å². The molecule has 1 N–H and O–H groups in total. The molecule has 0 aliphatic carbocycles. The van der Waals surface area contributed by atoms with E-state index < -0.39 is 6.04 Å². The van der Waals surface area contributed by atoms with Crippen LogP contribution in [0, 0.1) is 6.92 Å². The molecule has 1 aromatic heterocycles. The molecule has 1 aliphatic rings. The predicted molar refractivity (Wildman–Crippen MR) is 143 cm³/mol. The molecule has 0 saturated heterocycles. The summed E-state index contributed by atoms with van der Waals surface area (Å²) in [6.45, 7) is 6.51. The molecule has 5 rings (SSSR count). The van der Waals surface area contributed by atoms with Gasteiger partial charge in [-0.15, -0.1) is 0 Å². The number of allylic oxidation sites excluding steroid dienone is 1. The Morgan fingerprint density at radius 2 is 1.78 bits per heavy atom. The number of nitrogens with one attached hydrogen (secondary N) is 1. The summed E-state index contributed by atoms with van der Waals surface area (Å²) in [6.07, 6.45) is 0.961. The van der Waals surface area contributed by atoms with Gasteiger partial charge in [-0.3, -0.25) is 4.90 Å². The molecular weight excluding hydrogens is 464 g/mol. The first-order chi connectivity index (χ1) is 18.0. The van der Waals surface area contributed by atoms with Crippen LogP contribution in [0.4, 0.5) is 4.79 Å². The van der Waals surface area contributed by atoms with Crippen molar-refractivity contribution in [3.63, 3.8) is 0 Å². The third-order valence-corrected chi connectivity index (χ3v) is 6.72. The summed E-state index contributed by atoms with van der Waals surface area (Å²) in [7, 11) is 1.62. The van der Waals surface area contributed by atoms with Gasteiger partial charge in [0.05, 0.1) is 25.3 Å². The van der Waals surface area contributed by atoms with Crippen molar-refractivity contribution in [2.75, 3.05) is 7.11 Å². The fraction of sp³-hybridized carbons (Fsp3) is 0.233. The van der Waals surface area contributed by atoms with E-state index in [0.717, 1.165) is 39.9 Å². The molecule has 1 atom stereocenters. The second-order valence-corrected chi connectivity index (χ2v) is 9.21. The SMILES string of the molecule is CCc1ccc(-c2noc(C3=C(C)N(Cc4cccc(C)c4)C(=O)NC3c3cccc(OC)c3)n2)cc1. The third kappa shape index (κ3) is 4.98. The molecule has 2 heterocycles. The largest absolute Gasteiger partial charge is 0.497 e. The van der Waals surface area contributed by atoms with Gasteiger partial charge in [-0.1, -0.05) is 78.3 Å². The predicted octanol–water partition coefficient (Wildman–Crippen LogP) is 6.31. The zero-order valence-electron chi connectivity index (χ0n) is 21.5. The number of rotatable bonds is 7. The van der Waals surface area contributed by atoms with E-state index in [1.807, 2.05) is 68.4 Å². The number of ether oxygens (including phenoxy) is 1. The number of carbonyl (C=O) groups excluding carboxylic acids is 1. The zero-order valence-corrected chi connectivity index (χ0v) is 21.5. The van der Waals surface area contributed by atoms with Crippen molar-refractivity contribution in [1.82, 2.24) is 20.4 Å². The lowest BCUT2D eigenvalue weighted by Crippen LogP contribution is -2.45. The highest BCUT2D eigenvalue weighted by Crippen LogP contribution is 2.38. The molecule has 0 bridgehead atoms. The fourth-order valence-corrected chi connectivity index (χ4v) is 4.65. The summed E-state index contributed by atoms with van der Waals surface area (Å²) >= 11 is 0. The smallest absolute Gasteiger partial charge is 0.322 e. The summed E-state index contributed by atoms with van der Waals surface area (Å²) < 4.78 is 11.3. The van der Waals surface area contributed by atoms with E-state index in [1.165, 1.54) is 5.56 Å². The lowest BCUT2D eigenvalue weighted by atomic mass is 9.94. The van der Waals surface area contributed by atoms with Crippen LogP contribution in [-0.4, -0.2) is 28.2 Å². The number of aryl methyl sites for hydroxylation is 2. The maximum atomic E-state index is 13.4. The highest BCUT2D eigenvalue weighted by atomic mass is 16.5. The van der Waals surface area contributed by atoms with Crippen molar-refractivity contribution >= 4 is 11.6 Å². The minimum Gasteiger partial charge on any atom is -0.497 e. The number of hydrogen-bond donors (Lipinski definition) is 1. The maximum Gasteiger partial charge on any atom is 0.322 e. The second kappa shape index (κ2) is 10.3. The van der Waals surface area contributed by atoms with Gasteiger partial charge in [-0.2, -0.15) is 4.98 Å². The lowest BCUT2D eigenvalue weighted by molar-refractivity contribution is 0.203. The number of aromatic nitrogens is 2. The number of nitrogens with zero attached hydrogens (tertiary/aromatic N) is 3. The molecule has 2 amide bonds. The van der Waals surface area contributed by atoms with Crippen LogP contribution in [0.25, 0.3) is 17.0 Å². The Hall–Kier alpha value is -4.39. The number of carbonyl (C=O) groups is 1. The molecular formula is C30H30N4O3. The van der Waals surface area contributed by atoms with E-state index in [1.54, 1.807) is 12.0 Å². The van der Waals surface area contributed by atoms with Crippen LogP contribution in [-0.2, 0) is 13.0 Å². The average Bonchev–Trinajstić information content (AvgIpc) is 3.40. The fourth-order valence-electron chi connectivity index (χ4n) is 4.65. The lowest BCUT2D eigenvalue weighted by Gasteiger charge is -2.35. The van der Waals surface area contributed by atoms with Gasteiger partial charge in [0, 0.05) is 11.3 Å². The van der Waals surface area contributed by atoms with E-state index >= 15 is 0 Å². The highest BCUT2D eigenvalue weighted by Gasteiger charge is 2.36. The number of urea groups is 1. The van der Waals surface area contributed by atoms with Gasteiger partial charge in [0.15, 0.2) is 0 Å². The molecule has 3 aromatic carbocycles. The molecule has 0 fully saturated rings. The Labute approximate surface area is 216 Å². The molecule has 0 saturated carbocycles. The van der Waals surface area contributed by atoms with Crippen molar-refractivity contribution < 1.29 is 14.1 Å². The van der Waals surface area contributed by atoms with Gasteiger partial charge in [0.1, 0.15) is 5.75 Å². The number of benzene rings is 3. The quantitative estimate of drug-likeness (QED) is 0.325. The van der Waals surface area contributed by atoms with Crippen LogP contribution >= 0.6 is 0 Å². The van der Waals surface area contributed by atoms with Crippen LogP contribution in [0.3, 0.4) is 0 Å². The first-order valence-electron chi connectivity index (χ1n) is 12.4. The van der Waals surface area contributed by atoms with E-state index in [9.17, 15) is 4.79 Å². The summed E-state index contributed by atoms with van der Waals surface area (Å²) in [6, 6.07) is 23.3.